The van der Waals surface area contributed by atoms with Crippen molar-refractivity contribution in [2.45, 2.75) is 20.0 Å². The van der Waals surface area contributed by atoms with E-state index in [2.05, 4.69) is 0 Å². The van der Waals surface area contributed by atoms with Gasteiger partial charge in [-0.3, -0.25) is 0 Å². The minimum atomic E-state index is -0.599. The van der Waals surface area contributed by atoms with E-state index in [0.29, 0.717) is 16.4 Å². The Morgan fingerprint density at radius 2 is 2.14 bits per heavy atom. The summed E-state index contributed by atoms with van der Waals surface area (Å²) >= 11 is 5.97. The van der Waals surface area contributed by atoms with E-state index in [1.807, 2.05) is 19.1 Å². The third kappa shape index (κ3) is 1.41. The summed E-state index contributed by atoms with van der Waals surface area (Å²) in [6, 6.07) is 5.57. The monoisotopic (exact) mass is 210 g/mol. The molecule has 0 bridgehead atoms. The molecule has 1 atom stereocenters. The molecule has 2 rings (SSSR count). The Hall–Kier alpha value is -0.990. The molecule has 0 aliphatic heterocycles. The van der Waals surface area contributed by atoms with Crippen LogP contribution in [0.1, 0.15) is 24.4 Å². The zero-order valence-corrected chi connectivity index (χ0v) is 8.80. The number of benzene rings is 1. The van der Waals surface area contributed by atoms with Crippen LogP contribution in [0, 0.1) is 6.92 Å². The zero-order valence-electron chi connectivity index (χ0n) is 8.04. The molecule has 14 heavy (non-hydrogen) atoms. The van der Waals surface area contributed by atoms with Crippen LogP contribution in [0.3, 0.4) is 0 Å². The SMILES string of the molecule is Cc1ccc(Cl)c2oc(C(C)O)cc12. The highest BCUT2D eigenvalue weighted by atomic mass is 35.5. The summed E-state index contributed by atoms with van der Waals surface area (Å²) in [7, 11) is 0. The van der Waals surface area contributed by atoms with Gasteiger partial charge in [0, 0.05) is 5.39 Å². The predicted molar refractivity (Wildman–Crippen MR) is 56.6 cm³/mol. The van der Waals surface area contributed by atoms with Crippen LogP contribution in [0.5, 0.6) is 0 Å². The number of aryl methyl sites for hydroxylation is 1. The maximum atomic E-state index is 9.37. The molecular weight excluding hydrogens is 200 g/mol. The van der Waals surface area contributed by atoms with Crippen molar-refractivity contribution in [2.75, 3.05) is 0 Å². The van der Waals surface area contributed by atoms with Gasteiger partial charge in [-0.15, -0.1) is 0 Å². The predicted octanol–water partition coefficient (Wildman–Crippen LogP) is 3.45. The molecule has 2 nitrogen and oxygen atoms in total. The highest BCUT2D eigenvalue weighted by Gasteiger charge is 2.12. The summed E-state index contributed by atoms with van der Waals surface area (Å²) in [5.74, 6) is 0.552. The van der Waals surface area contributed by atoms with Gasteiger partial charge in [-0.05, 0) is 31.5 Å². The average Bonchev–Trinajstić information content (AvgIpc) is 2.57. The first-order valence-electron chi connectivity index (χ1n) is 4.46. The number of aliphatic hydroxyl groups excluding tert-OH is 1. The van der Waals surface area contributed by atoms with Gasteiger partial charge in [-0.25, -0.2) is 0 Å². The van der Waals surface area contributed by atoms with Crippen LogP contribution in [0.4, 0.5) is 0 Å². The van der Waals surface area contributed by atoms with E-state index in [1.54, 1.807) is 13.0 Å². The second kappa shape index (κ2) is 3.30. The van der Waals surface area contributed by atoms with E-state index >= 15 is 0 Å². The number of hydrogen-bond acceptors (Lipinski definition) is 2. The summed E-state index contributed by atoms with van der Waals surface area (Å²) in [5.41, 5.74) is 1.75. The Morgan fingerprint density at radius 1 is 1.43 bits per heavy atom. The van der Waals surface area contributed by atoms with Gasteiger partial charge in [0.05, 0.1) is 5.02 Å². The van der Waals surface area contributed by atoms with Gasteiger partial charge < -0.3 is 9.52 Å². The lowest BCUT2D eigenvalue weighted by atomic mass is 10.1. The van der Waals surface area contributed by atoms with Crippen molar-refractivity contribution >= 4 is 22.6 Å². The van der Waals surface area contributed by atoms with E-state index in [4.69, 9.17) is 16.0 Å². The van der Waals surface area contributed by atoms with E-state index in [9.17, 15) is 5.11 Å². The molecule has 2 aromatic rings. The minimum Gasteiger partial charge on any atom is -0.457 e. The molecule has 1 aromatic carbocycles. The Bertz CT molecular complexity index is 432. The fourth-order valence-corrected chi connectivity index (χ4v) is 1.65. The van der Waals surface area contributed by atoms with Gasteiger partial charge in [0.1, 0.15) is 11.9 Å². The largest absolute Gasteiger partial charge is 0.457 e. The maximum absolute atomic E-state index is 9.37. The first-order valence-corrected chi connectivity index (χ1v) is 4.84. The molecule has 1 N–H and O–H groups in total. The smallest absolute Gasteiger partial charge is 0.153 e. The van der Waals surface area contributed by atoms with Gasteiger partial charge in [-0.2, -0.15) is 0 Å². The number of halogens is 1. The normalized spacial score (nSPS) is 13.4. The molecule has 0 spiro atoms. The van der Waals surface area contributed by atoms with Crippen LogP contribution in [0.25, 0.3) is 11.0 Å². The number of aliphatic hydroxyl groups is 1. The highest BCUT2D eigenvalue weighted by molar-refractivity contribution is 6.34. The number of hydrogen-bond donors (Lipinski definition) is 1. The Labute approximate surface area is 87.1 Å². The molecule has 0 aliphatic rings. The minimum absolute atomic E-state index is 0.552. The fourth-order valence-electron chi connectivity index (χ4n) is 1.45. The Kier molecular flexibility index (Phi) is 2.25. The maximum Gasteiger partial charge on any atom is 0.153 e. The topological polar surface area (TPSA) is 33.4 Å². The Balaban J connectivity index is 2.75. The van der Waals surface area contributed by atoms with Crippen LogP contribution in [-0.2, 0) is 0 Å². The van der Waals surface area contributed by atoms with Crippen molar-refractivity contribution in [3.63, 3.8) is 0 Å². The highest BCUT2D eigenvalue weighted by Crippen LogP contribution is 2.31. The second-order valence-electron chi connectivity index (χ2n) is 3.43. The van der Waals surface area contributed by atoms with Gasteiger partial charge in [-0.1, -0.05) is 17.7 Å². The van der Waals surface area contributed by atoms with Crippen molar-refractivity contribution in [3.05, 3.63) is 34.5 Å². The number of rotatable bonds is 1. The average molecular weight is 211 g/mol. The molecule has 1 unspecified atom stereocenters. The summed E-state index contributed by atoms with van der Waals surface area (Å²) < 4.78 is 5.46. The number of fused-ring (bicyclic) bond motifs is 1. The standard InChI is InChI=1S/C11H11ClO2/c1-6-3-4-9(12)11-8(6)5-10(14-11)7(2)13/h3-5,7,13H,1-2H3. The molecule has 0 saturated heterocycles. The first-order chi connectivity index (χ1) is 6.59. The summed E-state index contributed by atoms with van der Waals surface area (Å²) in [6.45, 7) is 3.65. The lowest BCUT2D eigenvalue weighted by Crippen LogP contribution is -1.85. The third-order valence-electron chi connectivity index (χ3n) is 2.28. The second-order valence-corrected chi connectivity index (χ2v) is 3.84. The molecule has 0 amide bonds. The molecule has 0 radical (unpaired) electrons. The molecular formula is C11H11ClO2. The van der Waals surface area contributed by atoms with Crippen LogP contribution in [0.2, 0.25) is 5.02 Å². The Morgan fingerprint density at radius 3 is 2.71 bits per heavy atom. The van der Waals surface area contributed by atoms with Gasteiger partial charge in [0.15, 0.2) is 5.58 Å². The number of furan rings is 1. The van der Waals surface area contributed by atoms with E-state index < -0.39 is 6.10 Å². The lowest BCUT2D eigenvalue weighted by molar-refractivity contribution is 0.172. The third-order valence-corrected chi connectivity index (χ3v) is 2.58. The van der Waals surface area contributed by atoms with E-state index in [0.717, 1.165) is 10.9 Å². The van der Waals surface area contributed by atoms with Crippen molar-refractivity contribution in [1.29, 1.82) is 0 Å². The van der Waals surface area contributed by atoms with E-state index in [1.165, 1.54) is 0 Å². The lowest BCUT2D eigenvalue weighted by Gasteiger charge is -1.96. The van der Waals surface area contributed by atoms with Gasteiger partial charge >= 0.3 is 0 Å². The van der Waals surface area contributed by atoms with Gasteiger partial charge in [0.2, 0.25) is 0 Å². The first kappa shape index (κ1) is 9.56. The van der Waals surface area contributed by atoms with Crippen molar-refractivity contribution in [2.24, 2.45) is 0 Å². The van der Waals surface area contributed by atoms with Crippen molar-refractivity contribution in [3.8, 4) is 0 Å². The van der Waals surface area contributed by atoms with Crippen LogP contribution < -0.4 is 0 Å². The summed E-state index contributed by atoms with van der Waals surface area (Å²) in [5, 5.41) is 10.9. The fraction of sp³-hybridized carbons (Fsp3) is 0.273. The molecule has 1 heterocycles. The van der Waals surface area contributed by atoms with Crippen LogP contribution >= 0.6 is 11.6 Å². The molecule has 1 aromatic heterocycles. The molecule has 0 saturated carbocycles. The zero-order chi connectivity index (χ0) is 10.3. The molecule has 0 aliphatic carbocycles. The summed E-state index contributed by atoms with van der Waals surface area (Å²) in [4.78, 5) is 0. The van der Waals surface area contributed by atoms with Crippen LogP contribution in [0.15, 0.2) is 22.6 Å². The van der Waals surface area contributed by atoms with Crippen molar-refractivity contribution in [1.82, 2.24) is 0 Å². The molecule has 3 heteroatoms. The summed E-state index contributed by atoms with van der Waals surface area (Å²) in [6.07, 6.45) is -0.599. The van der Waals surface area contributed by atoms with Gasteiger partial charge in [0.25, 0.3) is 0 Å². The van der Waals surface area contributed by atoms with Crippen molar-refractivity contribution < 1.29 is 9.52 Å². The quantitative estimate of drug-likeness (QED) is 0.782. The molecule has 0 fully saturated rings. The van der Waals surface area contributed by atoms with E-state index in [-0.39, 0.29) is 0 Å². The van der Waals surface area contributed by atoms with Crippen LogP contribution in [-0.4, -0.2) is 5.11 Å². The molecule has 74 valence electrons.